The Morgan fingerprint density at radius 3 is 2.96 bits per heavy atom. The Morgan fingerprint density at radius 1 is 1.32 bits per heavy atom. The van der Waals surface area contributed by atoms with E-state index in [1.807, 2.05) is 36.9 Å². The summed E-state index contributed by atoms with van der Waals surface area (Å²) >= 11 is 0. The van der Waals surface area contributed by atoms with Crippen molar-refractivity contribution in [3.63, 3.8) is 0 Å². The Bertz CT molecular complexity index is 820. The molecule has 3 atom stereocenters. The maximum absolute atomic E-state index is 13.3. The van der Waals surface area contributed by atoms with Gasteiger partial charge in [-0.25, -0.2) is 0 Å². The molecule has 1 N–H and O–H groups in total. The Hall–Kier alpha value is -1.98. The summed E-state index contributed by atoms with van der Waals surface area (Å²) in [5, 5.41) is 10.5. The zero-order chi connectivity index (χ0) is 17.6. The molecule has 1 saturated heterocycles. The summed E-state index contributed by atoms with van der Waals surface area (Å²) in [7, 11) is 0. The van der Waals surface area contributed by atoms with Gasteiger partial charge in [-0.2, -0.15) is 0 Å². The van der Waals surface area contributed by atoms with Crippen LogP contribution in [0.5, 0.6) is 0 Å². The second kappa shape index (κ2) is 6.39. The summed E-state index contributed by atoms with van der Waals surface area (Å²) in [5.41, 5.74) is 3.51. The van der Waals surface area contributed by atoms with Crippen molar-refractivity contribution in [1.29, 1.82) is 0 Å². The van der Waals surface area contributed by atoms with Crippen molar-refractivity contribution < 1.29 is 14.6 Å². The molecule has 2 aliphatic rings. The lowest BCUT2D eigenvalue weighted by molar-refractivity contribution is -0.0449. The fraction of sp³-hybridized carbons (Fsp3) is 0.500. The van der Waals surface area contributed by atoms with E-state index in [0.717, 1.165) is 35.0 Å². The number of nitrogens with zero attached hydrogens (tertiary/aromatic N) is 2. The highest BCUT2D eigenvalue weighted by atomic mass is 16.5. The van der Waals surface area contributed by atoms with Crippen molar-refractivity contribution >= 4 is 16.8 Å². The maximum atomic E-state index is 13.3. The molecule has 1 aliphatic heterocycles. The van der Waals surface area contributed by atoms with Gasteiger partial charge in [-0.05, 0) is 50.8 Å². The van der Waals surface area contributed by atoms with Crippen molar-refractivity contribution in [3.05, 3.63) is 41.1 Å². The maximum Gasteiger partial charge on any atom is 0.256 e. The van der Waals surface area contributed by atoms with Gasteiger partial charge in [-0.1, -0.05) is 11.6 Å². The third-order valence-electron chi connectivity index (χ3n) is 5.54. The van der Waals surface area contributed by atoms with Crippen LogP contribution in [0, 0.1) is 19.8 Å². The predicted octanol–water partition coefficient (Wildman–Crippen LogP) is 2.46. The molecule has 25 heavy (non-hydrogen) atoms. The van der Waals surface area contributed by atoms with Crippen LogP contribution >= 0.6 is 0 Å². The van der Waals surface area contributed by atoms with Crippen molar-refractivity contribution in [2.45, 2.75) is 38.8 Å². The van der Waals surface area contributed by atoms with E-state index >= 15 is 0 Å². The topological polar surface area (TPSA) is 62.7 Å². The fourth-order valence-electron chi connectivity index (χ4n) is 4.22. The molecule has 0 radical (unpaired) electrons. The summed E-state index contributed by atoms with van der Waals surface area (Å²) < 4.78 is 5.85. The summed E-state index contributed by atoms with van der Waals surface area (Å²) in [4.78, 5) is 19.8. The van der Waals surface area contributed by atoms with Gasteiger partial charge in [0.05, 0.1) is 35.5 Å². The van der Waals surface area contributed by atoms with E-state index in [2.05, 4.69) is 11.1 Å². The number of rotatable bonds is 2. The largest absolute Gasteiger partial charge is 0.396 e. The molecule has 5 heteroatoms. The predicted molar refractivity (Wildman–Crippen MR) is 95.6 cm³/mol. The van der Waals surface area contributed by atoms with Crippen LogP contribution < -0.4 is 0 Å². The Morgan fingerprint density at radius 2 is 2.16 bits per heavy atom. The molecule has 2 aromatic rings. The highest BCUT2D eigenvalue weighted by Crippen LogP contribution is 2.35. The van der Waals surface area contributed by atoms with Crippen LogP contribution in [-0.2, 0) is 4.74 Å². The smallest absolute Gasteiger partial charge is 0.256 e. The number of aryl methyl sites for hydroxylation is 2. The summed E-state index contributed by atoms with van der Waals surface area (Å²) in [6.45, 7) is 5.26. The number of aromatic nitrogens is 1. The molecule has 0 bridgehead atoms. The lowest BCUT2D eigenvalue weighted by Crippen LogP contribution is -2.51. The number of morpholine rings is 1. The van der Waals surface area contributed by atoms with Crippen LogP contribution in [0.15, 0.2) is 24.3 Å². The number of pyridine rings is 1. The van der Waals surface area contributed by atoms with Crippen molar-refractivity contribution in [2.24, 2.45) is 5.92 Å². The van der Waals surface area contributed by atoms with E-state index in [4.69, 9.17) is 4.74 Å². The van der Waals surface area contributed by atoms with Gasteiger partial charge < -0.3 is 14.7 Å². The molecule has 132 valence electrons. The van der Waals surface area contributed by atoms with E-state index < -0.39 is 0 Å². The molecular weight excluding hydrogens is 316 g/mol. The molecule has 4 rings (SSSR count). The van der Waals surface area contributed by atoms with E-state index in [9.17, 15) is 9.90 Å². The molecule has 0 spiro atoms. The van der Waals surface area contributed by atoms with Crippen molar-refractivity contribution in [2.75, 3.05) is 19.8 Å². The van der Waals surface area contributed by atoms with Gasteiger partial charge >= 0.3 is 0 Å². The molecule has 2 fully saturated rings. The molecule has 0 unspecified atom stereocenters. The minimum absolute atomic E-state index is 0.0327. The number of aliphatic hydroxyl groups is 1. The van der Waals surface area contributed by atoms with Gasteiger partial charge in [0.15, 0.2) is 0 Å². The van der Waals surface area contributed by atoms with Crippen LogP contribution in [-0.4, -0.2) is 52.8 Å². The third-order valence-corrected chi connectivity index (χ3v) is 5.54. The number of hydrogen-bond donors (Lipinski definition) is 1. The molecule has 1 saturated carbocycles. The van der Waals surface area contributed by atoms with Crippen LogP contribution in [0.1, 0.15) is 34.5 Å². The Balaban J connectivity index is 1.68. The second-order valence-corrected chi connectivity index (χ2v) is 7.31. The molecular formula is C20H24N2O3. The van der Waals surface area contributed by atoms with Gasteiger partial charge in [0.25, 0.3) is 5.91 Å². The first-order valence-corrected chi connectivity index (χ1v) is 8.98. The van der Waals surface area contributed by atoms with Crippen LogP contribution in [0.2, 0.25) is 0 Å². The van der Waals surface area contributed by atoms with Crippen LogP contribution in [0.3, 0.4) is 0 Å². The number of benzene rings is 1. The lowest BCUT2D eigenvalue weighted by atomic mass is 10.0. The lowest BCUT2D eigenvalue weighted by Gasteiger charge is -2.37. The van der Waals surface area contributed by atoms with Crippen LogP contribution in [0.4, 0.5) is 0 Å². The molecule has 1 aliphatic carbocycles. The zero-order valence-electron chi connectivity index (χ0n) is 14.7. The summed E-state index contributed by atoms with van der Waals surface area (Å²) in [6.07, 6.45) is 1.69. The fourth-order valence-corrected chi connectivity index (χ4v) is 4.22. The monoisotopic (exact) mass is 340 g/mol. The summed E-state index contributed by atoms with van der Waals surface area (Å²) in [6, 6.07) is 8.13. The zero-order valence-corrected chi connectivity index (χ0v) is 14.7. The minimum atomic E-state index is 0.0327. The minimum Gasteiger partial charge on any atom is -0.396 e. The van der Waals surface area contributed by atoms with Crippen molar-refractivity contribution in [1.82, 2.24) is 9.88 Å². The molecule has 1 amide bonds. The quantitative estimate of drug-likeness (QED) is 0.912. The normalized spacial score (nSPS) is 26.0. The Kier molecular flexibility index (Phi) is 4.21. The first-order chi connectivity index (χ1) is 12.1. The molecule has 1 aromatic heterocycles. The first kappa shape index (κ1) is 16.5. The highest BCUT2D eigenvalue weighted by molar-refractivity contribution is 5.99. The van der Waals surface area contributed by atoms with E-state index in [1.165, 1.54) is 0 Å². The SMILES string of the molecule is Cc1ccc2nc(C)c(C(=O)N3CCO[C@H]4C[C@H](CO)C[C@@H]43)cc2c1. The number of fused-ring (bicyclic) bond motifs is 2. The molecule has 2 heterocycles. The average Bonchev–Trinajstić information content (AvgIpc) is 3.04. The van der Waals surface area contributed by atoms with Gasteiger partial charge in [0.1, 0.15) is 0 Å². The summed E-state index contributed by atoms with van der Waals surface area (Å²) in [5.74, 6) is 0.257. The number of hydrogen-bond acceptors (Lipinski definition) is 4. The average molecular weight is 340 g/mol. The van der Waals surface area contributed by atoms with E-state index in [0.29, 0.717) is 18.7 Å². The second-order valence-electron chi connectivity index (χ2n) is 7.31. The van der Waals surface area contributed by atoms with Gasteiger partial charge in [0, 0.05) is 18.5 Å². The Labute approximate surface area is 147 Å². The first-order valence-electron chi connectivity index (χ1n) is 8.98. The van der Waals surface area contributed by atoms with Crippen molar-refractivity contribution in [3.8, 4) is 0 Å². The standard InChI is InChI=1S/C20H24N2O3/c1-12-3-4-17-15(7-12)10-16(13(2)21-17)20(24)22-5-6-25-19-9-14(11-23)8-18(19)22/h3-4,7,10,14,18-19,23H,5-6,8-9,11H2,1-2H3/t14-,18+,19+/m1/s1. The van der Waals surface area contributed by atoms with Gasteiger partial charge in [-0.3, -0.25) is 9.78 Å². The van der Waals surface area contributed by atoms with E-state index in [1.54, 1.807) is 0 Å². The number of carbonyl (C=O) groups is 1. The third kappa shape index (κ3) is 2.92. The van der Waals surface area contributed by atoms with Gasteiger partial charge in [0.2, 0.25) is 0 Å². The number of ether oxygens (including phenoxy) is 1. The molecule has 5 nitrogen and oxygen atoms in total. The number of amides is 1. The molecule has 1 aromatic carbocycles. The highest BCUT2D eigenvalue weighted by Gasteiger charge is 2.43. The number of carbonyl (C=O) groups excluding carboxylic acids is 1. The van der Waals surface area contributed by atoms with Gasteiger partial charge in [-0.15, -0.1) is 0 Å². The number of aliphatic hydroxyl groups excluding tert-OH is 1. The van der Waals surface area contributed by atoms with E-state index in [-0.39, 0.29) is 30.6 Å². The van der Waals surface area contributed by atoms with Crippen LogP contribution in [0.25, 0.3) is 10.9 Å².